The number of piperazine rings is 1. The van der Waals surface area contributed by atoms with E-state index in [1.165, 1.54) is 10.3 Å². The van der Waals surface area contributed by atoms with Crippen LogP contribution in [-0.2, 0) is 21.1 Å². The minimum Gasteiger partial charge on any atom is -0.354 e. The molecule has 0 saturated carbocycles. The molecule has 33 heavy (non-hydrogen) atoms. The number of benzene rings is 2. The summed E-state index contributed by atoms with van der Waals surface area (Å²) in [6.45, 7) is 8.72. The Morgan fingerprint density at radius 2 is 1.82 bits per heavy atom. The second-order valence-corrected chi connectivity index (χ2v) is 11.4. The van der Waals surface area contributed by atoms with Gasteiger partial charge in [0.2, 0.25) is 5.91 Å². The fourth-order valence-electron chi connectivity index (χ4n) is 3.88. The molecule has 2 aromatic carbocycles. The molecule has 0 radical (unpaired) electrons. The van der Waals surface area contributed by atoms with Gasteiger partial charge in [0.05, 0.1) is 15.1 Å². The third kappa shape index (κ3) is 5.90. The van der Waals surface area contributed by atoms with Crippen molar-refractivity contribution in [1.82, 2.24) is 15.2 Å². The highest BCUT2D eigenvalue weighted by atomic mass is 32.2. The predicted molar refractivity (Wildman–Crippen MR) is 134 cm³/mol. The molecule has 7 nitrogen and oxygen atoms in total. The fourth-order valence-corrected chi connectivity index (χ4v) is 6.13. The van der Waals surface area contributed by atoms with E-state index in [1.54, 1.807) is 35.6 Å². The highest BCUT2D eigenvalue weighted by molar-refractivity contribution is 7.92. The Hall–Kier alpha value is -2.49. The maximum Gasteiger partial charge on any atom is 0.235 e. The van der Waals surface area contributed by atoms with E-state index in [1.807, 2.05) is 6.92 Å². The number of aromatic nitrogens is 1. The van der Waals surface area contributed by atoms with Gasteiger partial charge < -0.3 is 10.2 Å². The number of fused-ring (bicyclic) bond motifs is 1. The van der Waals surface area contributed by atoms with E-state index in [0.717, 1.165) is 48.8 Å². The molecule has 1 saturated heterocycles. The molecule has 0 bridgehead atoms. The molecule has 1 aliphatic rings. The molecule has 1 amide bonds. The molecule has 0 unspecified atom stereocenters. The Morgan fingerprint density at radius 1 is 1.09 bits per heavy atom. The van der Waals surface area contributed by atoms with E-state index >= 15 is 0 Å². The summed E-state index contributed by atoms with van der Waals surface area (Å²) >= 11 is 1.74. The van der Waals surface area contributed by atoms with Gasteiger partial charge in [-0.1, -0.05) is 42.0 Å². The van der Waals surface area contributed by atoms with Gasteiger partial charge in [0.1, 0.15) is 5.75 Å². The van der Waals surface area contributed by atoms with E-state index in [2.05, 4.69) is 40.2 Å². The summed E-state index contributed by atoms with van der Waals surface area (Å²) in [5.74, 6) is -0.989. The number of anilines is 1. The lowest BCUT2D eigenvalue weighted by molar-refractivity contribution is -0.118. The van der Waals surface area contributed by atoms with Gasteiger partial charge in [-0.25, -0.2) is 13.4 Å². The number of rotatable bonds is 8. The molecular weight excluding hydrogens is 456 g/mol. The molecule has 0 spiro atoms. The number of hydrogen-bond donors (Lipinski definition) is 1. The first-order valence-electron chi connectivity index (χ1n) is 11.3. The van der Waals surface area contributed by atoms with Crippen LogP contribution in [0.3, 0.4) is 0 Å². The molecule has 176 valence electrons. The number of hydrogen-bond acceptors (Lipinski definition) is 7. The first-order valence-corrected chi connectivity index (χ1v) is 13.7. The average molecular weight is 487 g/mol. The van der Waals surface area contributed by atoms with Crippen LogP contribution in [0.15, 0.2) is 47.4 Å². The summed E-state index contributed by atoms with van der Waals surface area (Å²) in [5.41, 5.74) is 3.36. The number of thiazole rings is 1. The standard InChI is InChI=1S/C24H30N4O3S2/c1-3-19-6-9-21-22(16-19)32-24(26-21)28-14-12-27(13-15-28)11-10-25-23(29)17-33(30,31)20-7-4-18(2)5-8-20/h4-9,16H,3,10-15,17H2,1-2H3,(H,25,29). The van der Waals surface area contributed by atoms with E-state index in [9.17, 15) is 13.2 Å². The van der Waals surface area contributed by atoms with Crippen molar-refractivity contribution in [2.24, 2.45) is 0 Å². The monoisotopic (exact) mass is 486 g/mol. The van der Waals surface area contributed by atoms with Gasteiger partial charge in [-0.3, -0.25) is 9.69 Å². The molecule has 4 rings (SSSR count). The quantitative estimate of drug-likeness (QED) is 0.527. The second-order valence-electron chi connectivity index (χ2n) is 8.40. The fraction of sp³-hybridized carbons (Fsp3) is 0.417. The summed E-state index contributed by atoms with van der Waals surface area (Å²) in [6, 6.07) is 13.0. The van der Waals surface area contributed by atoms with Crippen LogP contribution >= 0.6 is 11.3 Å². The van der Waals surface area contributed by atoms with Gasteiger partial charge in [0, 0.05) is 39.3 Å². The maximum atomic E-state index is 12.4. The lowest BCUT2D eigenvalue weighted by Crippen LogP contribution is -2.48. The molecular formula is C24H30N4O3S2. The van der Waals surface area contributed by atoms with Crippen molar-refractivity contribution >= 4 is 42.4 Å². The predicted octanol–water partition coefficient (Wildman–Crippen LogP) is 2.88. The lowest BCUT2D eigenvalue weighted by atomic mass is 10.2. The van der Waals surface area contributed by atoms with Gasteiger partial charge in [-0.15, -0.1) is 0 Å². The third-order valence-electron chi connectivity index (χ3n) is 5.94. The van der Waals surface area contributed by atoms with Crippen molar-refractivity contribution in [3.8, 4) is 0 Å². The molecule has 3 aromatic rings. The highest BCUT2D eigenvalue weighted by Crippen LogP contribution is 2.30. The summed E-state index contributed by atoms with van der Waals surface area (Å²) in [5, 5.41) is 3.82. The minimum atomic E-state index is -3.62. The van der Waals surface area contributed by atoms with Crippen LogP contribution in [0, 0.1) is 6.92 Å². The Bertz CT molecular complexity index is 1210. The Morgan fingerprint density at radius 3 is 2.52 bits per heavy atom. The molecule has 9 heteroatoms. The van der Waals surface area contributed by atoms with Crippen LogP contribution < -0.4 is 10.2 Å². The third-order valence-corrected chi connectivity index (χ3v) is 8.66. The van der Waals surface area contributed by atoms with Crippen molar-refractivity contribution < 1.29 is 13.2 Å². The number of carbonyl (C=O) groups is 1. The van der Waals surface area contributed by atoms with Gasteiger partial charge >= 0.3 is 0 Å². The number of aryl methyl sites for hydroxylation is 2. The molecule has 1 fully saturated rings. The van der Waals surface area contributed by atoms with Gasteiger partial charge in [-0.05, 0) is 43.2 Å². The number of amides is 1. The topological polar surface area (TPSA) is 82.6 Å². The minimum absolute atomic E-state index is 0.181. The molecule has 1 aliphatic heterocycles. The average Bonchev–Trinajstić information content (AvgIpc) is 3.23. The van der Waals surface area contributed by atoms with Gasteiger partial charge in [0.15, 0.2) is 15.0 Å². The first kappa shape index (κ1) is 23.7. The zero-order chi connectivity index (χ0) is 23.4. The van der Waals surface area contributed by atoms with E-state index in [0.29, 0.717) is 13.1 Å². The van der Waals surface area contributed by atoms with Crippen LogP contribution in [0.1, 0.15) is 18.1 Å². The Balaban J connectivity index is 1.22. The van der Waals surface area contributed by atoms with Crippen molar-refractivity contribution in [3.05, 3.63) is 53.6 Å². The smallest absolute Gasteiger partial charge is 0.235 e. The highest BCUT2D eigenvalue weighted by Gasteiger charge is 2.21. The summed E-state index contributed by atoms with van der Waals surface area (Å²) in [4.78, 5) is 21.8. The zero-order valence-electron chi connectivity index (χ0n) is 19.1. The van der Waals surface area contributed by atoms with E-state index in [-0.39, 0.29) is 4.90 Å². The van der Waals surface area contributed by atoms with E-state index < -0.39 is 21.5 Å². The number of sulfone groups is 1. The van der Waals surface area contributed by atoms with Crippen LogP contribution in [0.25, 0.3) is 10.2 Å². The maximum absolute atomic E-state index is 12.4. The number of carbonyl (C=O) groups excluding carboxylic acids is 1. The number of nitrogens with one attached hydrogen (secondary N) is 1. The van der Waals surface area contributed by atoms with Crippen LogP contribution in [0.5, 0.6) is 0 Å². The van der Waals surface area contributed by atoms with Crippen LogP contribution in [-0.4, -0.2) is 69.2 Å². The van der Waals surface area contributed by atoms with E-state index in [4.69, 9.17) is 4.98 Å². The van der Waals surface area contributed by atoms with Crippen molar-refractivity contribution in [1.29, 1.82) is 0 Å². The molecule has 1 aromatic heterocycles. The van der Waals surface area contributed by atoms with Crippen LogP contribution in [0.2, 0.25) is 0 Å². The summed E-state index contributed by atoms with van der Waals surface area (Å²) in [6.07, 6.45) is 1.02. The van der Waals surface area contributed by atoms with Crippen molar-refractivity contribution in [3.63, 3.8) is 0 Å². The summed E-state index contributed by atoms with van der Waals surface area (Å²) < 4.78 is 26.0. The Kier molecular flexibility index (Phi) is 7.31. The van der Waals surface area contributed by atoms with Crippen LogP contribution in [0.4, 0.5) is 5.13 Å². The van der Waals surface area contributed by atoms with Gasteiger partial charge in [-0.2, -0.15) is 0 Å². The molecule has 0 atom stereocenters. The van der Waals surface area contributed by atoms with Crippen molar-refractivity contribution in [2.75, 3.05) is 49.9 Å². The molecule has 1 N–H and O–H groups in total. The summed E-state index contributed by atoms with van der Waals surface area (Å²) in [7, 11) is -3.62. The second kappa shape index (κ2) is 10.2. The zero-order valence-corrected chi connectivity index (χ0v) is 20.7. The first-order chi connectivity index (χ1) is 15.8. The number of nitrogens with zero attached hydrogens (tertiary/aromatic N) is 3. The van der Waals surface area contributed by atoms with Gasteiger partial charge in [0.25, 0.3) is 0 Å². The normalized spacial score (nSPS) is 15.2. The lowest BCUT2D eigenvalue weighted by Gasteiger charge is -2.34. The largest absolute Gasteiger partial charge is 0.354 e. The molecule has 2 heterocycles. The molecule has 0 aliphatic carbocycles. The van der Waals surface area contributed by atoms with Crippen molar-refractivity contribution in [2.45, 2.75) is 25.2 Å². The SMILES string of the molecule is CCc1ccc2nc(N3CCN(CCNC(=O)CS(=O)(=O)c4ccc(C)cc4)CC3)sc2c1. The Labute approximate surface area is 199 Å².